The Bertz CT molecular complexity index is 1050. The van der Waals surface area contributed by atoms with Crippen LogP contribution in [0.5, 0.6) is 0 Å². The van der Waals surface area contributed by atoms with E-state index >= 15 is 0 Å². The van der Waals surface area contributed by atoms with Crippen LogP contribution in [0.15, 0.2) is 36.5 Å². The molecule has 9 heteroatoms. The zero-order valence-corrected chi connectivity index (χ0v) is 22.5. The molecule has 1 aromatic carbocycles. The van der Waals surface area contributed by atoms with Crippen molar-refractivity contribution in [1.82, 2.24) is 9.88 Å². The smallest absolute Gasteiger partial charge is 0.410 e. The van der Waals surface area contributed by atoms with Crippen LogP contribution in [0.2, 0.25) is 10.0 Å². The highest BCUT2D eigenvalue weighted by Crippen LogP contribution is 2.46. The second kappa shape index (κ2) is 10.8. The molecule has 36 heavy (non-hydrogen) atoms. The molecule has 4 rings (SSSR count). The third kappa shape index (κ3) is 6.68. The van der Waals surface area contributed by atoms with Gasteiger partial charge in [-0.2, -0.15) is 0 Å². The van der Waals surface area contributed by atoms with E-state index in [0.29, 0.717) is 55.7 Å². The number of amides is 1. The van der Waals surface area contributed by atoms with Gasteiger partial charge in [0.15, 0.2) is 0 Å². The molecule has 6 nitrogen and oxygen atoms in total. The highest BCUT2D eigenvalue weighted by molar-refractivity contribution is 6.34. The molecule has 2 saturated heterocycles. The number of carbonyl (C=O) groups is 1. The Kier molecular flexibility index (Phi) is 8.15. The lowest BCUT2D eigenvalue weighted by Crippen LogP contribution is -2.50. The number of benzene rings is 1. The fourth-order valence-electron chi connectivity index (χ4n) is 5.14. The Hall–Kier alpha value is -1.93. The molecule has 1 aromatic heterocycles. The number of carbonyl (C=O) groups excluding carboxylic acids is 1. The largest absolute Gasteiger partial charge is 0.444 e. The third-order valence-corrected chi connectivity index (χ3v) is 7.23. The minimum Gasteiger partial charge on any atom is -0.444 e. The van der Waals surface area contributed by atoms with Crippen molar-refractivity contribution >= 4 is 29.3 Å². The van der Waals surface area contributed by atoms with Gasteiger partial charge in [0.1, 0.15) is 11.4 Å². The lowest BCUT2D eigenvalue weighted by molar-refractivity contribution is -0.110. The number of rotatable bonds is 6. The summed E-state index contributed by atoms with van der Waals surface area (Å²) in [6.45, 7) is 7.91. The van der Waals surface area contributed by atoms with Gasteiger partial charge in [0.05, 0.1) is 18.4 Å². The van der Waals surface area contributed by atoms with E-state index in [1.54, 1.807) is 29.2 Å². The Balaban J connectivity index is 1.62. The molecule has 0 N–H and O–H groups in total. The lowest BCUT2D eigenvalue weighted by Gasteiger charge is -2.46. The Morgan fingerprint density at radius 1 is 1.17 bits per heavy atom. The summed E-state index contributed by atoms with van der Waals surface area (Å²) in [5.74, 6) is -0.381. The first-order valence-electron chi connectivity index (χ1n) is 12.2. The van der Waals surface area contributed by atoms with Crippen LogP contribution in [0.4, 0.5) is 9.18 Å². The summed E-state index contributed by atoms with van der Waals surface area (Å²) in [5, 5.41) is 1.00. The summed E-state index contributed by atoms with van der Waals surface area (Å²) in [4.78, 5) is 19.4. The van der Waals surface area contributed by atoms with Crippen LogP contribution in [0.3, 0.4) is 0 Å². The zero-order valence-electron chi connectivity index (χ0n) is 21.0. The molecule has 0 unspecified atom stereocenters. The van der Waals surface area contributed by atoms with E-state index in [9.17, 15) is 9.18 Å². The van der Waals surface area contributed by atoms with Crippen molar-refractivity contribution < 1.29 is 23.4 Å². The molecule has 0 radical (unpaired) electrons. The first kappa shape index (κ1) is 27.1. The van der Waals surface area contributed by atoms with Gasteiger partial charge in [-0.1, -0.05) is 23.2 Å². The van der Waals surface area contributed by atoms with Crippen molar-refractivity contribution in [2.45, 2.75) is 69.6 Å². The molecule has 2 aliphatic heterocycles. The number of aromatic nitrogens is 1. The topological polar surface area (TPSA) is 60.9 Å². The number of nitrogens with zero attached hydrogens (tertiary/aromatic N) is 2. The number of ether oxygens (including phenoxy) is 3. The molecule has 3 heterocycles. The van der Waals surface area contributed by atoms with E-state index in [4.69, 9.17) is 37.4 Å². The Labute approximate surface area is 222 Å². The van der Waals surface area contributed by atoms with Crippen molar-refractivity contribution in [3.05, 3.63) is 63.6 Å². The summed E-state index contributed by atoms with van der Waals surface area (Å²) in [6.07, 6.45) is 3.62. The maximum absolute atomic E-state index is 13.8. The normalized spacial score (nSPS) is 24.2. The molecule has 0 bridgehead atoms. The third-order valence-electron chi connectivity index (χ3n) is 6.80. The van der Waals surface area contributed by atoms with Gasteiger partial charge in [0.2, 0.25) is 0 Å². The highest BCUT2D eigenvalue weighted by Gasteiger charge is 2.49. The van der Waals surface area contributed by atoms with Gasteiger partial charge in [0.25, 0.3) is 0 Å². The maximum Gasteiger partial charge on any atom is 0.410 e. The molecule has 1 spiro atoms. The molecule has 0 saturated carbocycles. The van der Waals surface area contributed by atoms with E-state index in [1.165, 1.54) is 12.3 Å². The molecule has 2 fully saturated rings. The van der Waals surface area contributed by atoms with Gasteiger partial charge >= 0.3 is 6.09 Å². The second-order valence-electron chi connectivity index (χ2n) is 10.8. The monoisotopic (exact) mass is 538 g/mol. The van der Waals surface area contributed by atoms with E-state index in [0.717, 1.165) is 17.7 Å². The summed E-state index contributed by atoms with van der Waals surface area (Å²) >= 11 is 12.4. The molecule has 2 aliphatic rings. The lowest BCUT2D eigenvalue weighted by atomic mass is 9.68. The van der Waals surface area contributed by atoms with Crippen molar-refractivity contribution in [3.63, 3.8) is 0 Å². The number of hydrogen-bond acceptors (Lipinski definition) is 5. The number of hydrogen-bond donors (Lipinski definition) is 0. The van der Waals surface area contributed by atoms with Crippen LogP contribution >= 0.6 is 23.2 Å². The molecular weight excluding hydrogens is 506 g/mol. The van der Waals surface area contributed by atoms with Crippen LogP contribution in [-0.4, -0.2) is 53.5 Å². The minimum atomic E-state index is -0.651. The number of pyridine rings is 1. The maximum atomic E-state index is 13.8. The standard InChI is InChI=1S/C27H33Cl2FN2O4/c1-25(2,3)36-24(33)32(16-19-12-20(28)14-21(29)13-19)9-6-26(23-5-4-22(30)15-31-23)7-11-35-27(17-26)8-10-34-18-27/h4-5,12-15H,6-11,16-18H2,1-3H3/t26-,27-/m1/s1. The Morgan fingerprint density at radius 2 is 1.92 bits per heavy atom. The average molecular weight is 539 g/mol. The van der Waals surface area contributed by atoms with Crippen LogP contribution in [0, 0.1) is 5.82 Å². The zero-order chi connectivity index (χ0) is 26.0. The van der Waals surface area contributed by atoms with Crippen LogP contribution in [0.1, 0.15) is 57.7 Å². The summed E-state index contributed by atoms with van der Waals surface area (Å²) in [6, 6.07) is 8.43. The fourth-order valence-corrected chi connectivity index (χ4v) is 5.71. The van der Waals surface area contributed by atoms with Crippen LogP contribution < -0.4 is 0 Å². The molecule has 2 aromatic rings. The van der Waals surface area contributed by atoms with Gasteiger partial charge in [-0.25, -0.2) is 9.18 Å². The van der Waals surface area contributed by atoms with Crippen LogP contribution in [0.25, 0.3) is 0 Å². The molecule has 2 atom stereocenters. The van der Waals surface area contributed by atoms with E-state index < -0.39 is 22.7 Å². The average Bonchev–Trinajstić information content (AvgIpc) is 3.22. The molecule has 0 aliphatic carbocycles. The van der Waals surface area contributed by atoms with E-state index in [2.05, 4.69) is 4.98 Å². The SMILES string of the molecule is CC(C)(C)OC(=O)N(CC[C@@]1(c2ccc(F)cn2)CCO[C@]2(CCOC2)C1)Cc1cc(Cl)cc(Cl)c1. The summed E-state index contributed by atoms with van der Waals surface area (Å²) in [5.41, 5.74) is 0.146. The van der Waals surface area contributed by atoms with Gasteiger partial charge in [0, 0.05) is 53.9 Å². The van der Waals surface area contributed by atoms with Crippen LogP contribution in [-0.2, 0) is 26.2 Å². The molecular formula is C27H33Cl2FN2O4. The molecule has 1 amide bonds. The summed E-state index contributed by atoms with van der Waals surface area (Å²) in [7, 11) is 0. The van der Waals surface area contributed by atoms with E-state index in [1.807, 2.05) is 20.8 Å². The first-order chi connectivity index (χ1) is 17.0. The minimum absolute atomic E-state index is 0.285. The Morgan fingerprint density at radius 3 is 2.53 bits per heavy atom. The quantitative estimate of drug-likeness (QED) is 0.416. The van der Waals surface area contributed by atoms with Crippen molar-refractivity contribution in [2.75, 3.05) is 26.4 Å². The number of halogens is 3. The van der Waals surface area contributed by atoms with Crippen molar-refractivity contribution in [1.29, 1.82) is 0 Å². The van der Waals surface area contributed by atoms with Crippen molar-refractivity contribution in [3.8, 4) is 0 Å². The van der Waals surface area contributed by atoms with Gasteiger partial charge in [-0.05, 0) is 75.9 Å². The van der Waals surface area contributed by atoms with Gasteiger partial charge in [-0.3, -0.25) is 4.98 Å². The van der Waals surface area contributed by atoms with Gasteiger partial charge in [-0.15, -0.1) is 0 Å². The second-order valence-corrected chi connectivity index (χ2v) is 11.7. The highest BCUT2D eigenvalue weighted by atomic mass is 35.5. The fraction of sp³-hybridized carbons (Fsp3) is 0.556. The van der Waals surface area contributed by atoms with Crippen molar-refractivity contribution in [2.24, 2.45) is 0 Å². The predicted molar refractivity (Wildman–Crippen MR) is 137 cm³/mol. The van der Waals surface area contributed by atoms with E-state index in [-0.39, 0.29) is 12.4 Å². The first-order valence-corrected chi connectivity index (χ1v) is 13.0. The predicted octanol–water partition coefficient (Wildman–Crippen LogP) is 6.56. The summed E-state index contributed by atoms with van der Waals surface area (Å²) < 4.78 is 31.4. The van der Waals surface area contributed by atoms with Gasteiger partial charge < -0.3 is 19.1 Å². The molecule has 196 valence electrons.